The van der Waals surface area contributed by atoms with Crippen LogP contribution in [0.15, 0.2) is 63.9 Å². The third-order valence-electron chi connectivity index (χ3n) is 4.33. The lowest BCUT2D eigenvalue weighted by atomic mass is 10.2. The summed E-state index contributed by atoms with van der Waals surface area (Å²) in [5.74, 6) is -0.179. The number of amides is 1. The molecule has 0 fully saturated rings. The average molecular weight is 476 g/mol. The number of thiophene rings is 1. The topological polar surface area (TPSA) is 64.0 Å². The van der Waals surface area contributed by atoms with E-state index in [9.17, 15) is 9.59 Å². The van der Waals surface area contributed by atoms with Gasteiger partial charge in [-0.25, -0.2) is 4.98 Å². The van der Waals surface area contributed by atoms with Crippen LogP contribution >= 0.6 is 46.3 Å². The van der Waals surface area contributed by atoms with Crippen molar-refractivity contribution in [3.8, 4) is 5.69 Å². The number of fused-ring (bicyclic) bond motifs is 1. The Kier molecular flexibility index (Phi) is 6.15. The van der Waals surface area contributed by atoms with E-state index < -0.39 is 0 Å². The quantitative estimate of drug-likeness (QED) is 0.292. The summed E-state index contributed by atoms with van der Waals surface area (Å²) in [7, 11) is 0. The van der Waals surface area contributed by atoms with Gasteiger partial charge in [-0.1, -0.05) is 53.2 Å². The lowest BCUT2D eigenvalue weighted by Crippen LogP contribution is -2.22. The Morgan fingerprint density at radius 1 is 1.20 bits per heavy atom. The largest absolute Gasteiger partial charge is 0.324 e. The van der Waals surface area contributed by atoms with Crippen LogP contribution in [-0.4, -0.2) is 21.2 Å². The Morgan fingerprint density at radius 3 is 2.77 bits per heavy atom. The van der Waals surface area contributed by atoms with Crippen LogP contribution in [0, 0.1) is 6.92 Å². The van der Waals surface area contributed by atoms with Gasteiger partial charge in [0.05, 0.1) is 27.7 Å². The summed E-state index contributed by atoms with van der Waals surface area (Å²) in [5, 5.41) is 6.06. The van der Waals surface area contributed by atoms with Gasteiger partial charge < -0.3 is 5.32 Å². The number of halogens is 2. The molecule has 1 N–H and O–H groups in total. The Morgan fingerprint density at radius 2 is 2.00 bits per heavy atom. The van der Waals surface area contributed by atoms with Crippen LogP contribution in [0.25, 0.3) is 15.9 Å². The number of para-hydroxylation sites is 1. The van der Waals surface area contributed by atoms with Crippen molar-refractivity contribution in [2.45, 2.75) is 12.1 Å². The van der Waals surface area contributed by atoms with Gasteiger partial charge in [0.15, 0.2) is 5.16 Å². The number of anilines is 1. The molecule has 4 aromatic rings. The summed E-state index contributed by atoms with van der Waals surface area (Å²) in [6.45, 7) is 1.87. The number of thioether (sulfide) groups is 1. The highest BCUT2D eigenvalue weighted by molar-refractivity contribution is 7.99. The van der Waals surface area contributed by atoms with E-state index in [-0.39, 0.29) is 17.2 Å². The van der Waals surface area contributed by atoms with E-state index >= 15 is 0 Å². The van der Waals surface area contributed by atoms with Gasteiger partial charge in [-0.3, -0.25) is 14.2 Å². The molecule has 152 valence electrons. The second-order valence-corrected chi connectivity index (χ2v) is 9.12. The molecule has 0 saturated heterocycles. The molecule has 0 atom stereocenters. The fourth-order valence-electron chi connectivity index (χ4n) is 2.93. The van der Waals surface area contributed by atoms with E-state index in [4.69, 9.17) is 23.2 Å². The van der Waals surface area contributed by atoms with Crippen LogP contribution < -0.4 is 10.9 Å². The van der Waals surface area contributed by atoms with E-state index in [1.165, 1.54) is 27.7 Å². The van der Waals surface area contributed by atoms with E-state index in [2.05, 4.69) is 10.3 Å². The first kappa shape index (κ1) is 20.9. The Hall–Kier alpha value is -2.32. The van der Waals surface area contributed by atoms with E-state index in [0.29, 0.717) is 36.8 Å². The summed E-state index contributed by atoms with van der Waals surface area (Å²) < 4.78 is 2.04. The molecular formula is C21H15Cl2N3O2S2. The van der Waals surface area contributed by atoms with Crippen LogP contribution in [0.2, 0.25) is 10.0 Å². The smallest absolute Gasteiger partial charge is 0.276 e. The van der Waals surface area contributed by atoms with Crippen molar-refractivity contribution < 1.29 is 4.79 Å². The third-order valence-corrected chi connectivity index (χ3v) is 6.71. The molecule has 2 aromatic heterocycles. The summed E-state index contributed by atoms with van der Waals surface area (Å²) in [6, 6.07) is 14.2. The molecule has 2 aromatic carbocycles. The molecule has 0 saturated carbocycles. The molecule has 0 aliphatic heterocycles. The Labute approximate surface area is 190 Å². The second kappa shape index (κ2) is 8.81. The summed E-state index contributed by atoms with van der Waals surface area (Å²) in [5.41, 5.74) is 2.46. The van der Waals surface area contributed by atoms with E-state index in [1.54, 1.807) is 36.4 Å². The first-order valence-corrected chi connectivity index (χ1v) is 11.5. The number of hydrogen-bond acceptors (Lipinski definition) is 5. The zero-order chi connectivity index (χ0) is 21.3. The average Bonchev–Trinajstić information content (AvgIpc) is 3.18. The summed E-state index contributed by atoms with van der Waals surface area (Å²) >= 11 is 14.8. The molecule has 0 bridgehead atoms. The van der Waals surface area contributed by atoms with Crippen molar-refractivity contribution in [3.05, 3.63) is 79.9 Å². The van der Waals surface area contributed by atoms with Crippen molar-refractivity contribution in [3.63, 3.8) is 0 Å². The van der Waals surface area contributed by atoms with Crippen molar-refractivity contribution >= 4 is 68.1 Å². The van der Waals surface area contributed by atoms with E-state index in [0.717, 1.165) is 5.56 Å². The maximum atomic E-state index is 13.1. The Bertz CT molecular complexity index is 1300. The lowest BCUT2D eigenvalue weighted by Gasteiger charge is -2.13. The molecule has 0 unspecified atom stereocenters. The zero-order valence-electron chi connectivity index (χ0n) is 15.7. The van der Waals surface area contributed by atoms with E-state index in [1.807, 2.05) is 24.4 Å². The predicted octanol–water partition coefficient (Wildman–Crippen LogP) is 5.79. The number of nitrogens with zero attached hydrogens (tertiary/aromatic N) is 2. The number of carbonyl (C=O) groups is 1. The van der Waals surface area contributed by atoms with Gasteiger partial charge in [-0.15, -0.1) is 11.3 Å². The van der Waals surface area contributed by atoms with Crippen LogP contribution in [-0.2, 0) is 4.79 Å². The molecule has 9 heteroatoms. The van der Waals surface area contributed by atoms with Crippen molar-refractivity contribution in [1.82, 2.24) is 9.55 Å². The number of benzene rings is 2. The van der Waals surface area contributed by atoms with Crippen LogP contribution in [0.5, 0.6) is 0 Å². The highest BCUT2D eigenvalue weighted by atomic mass is 35.5. The first-order valence-electron chi connectivity index (χ1n) is 8.88. The highest BCUT2D eigenvalue weighted by Gasteiger charge is 2.16. The van der Waals surface area contributed by atoms with Crippen molar-refractivity contribution in [2.75, 3.05) is 11.1 Å². The highest BCUT2D eigenvalue weighted by Crippen LogP contribution is 2.27. The zero-order valence-corrected chi connectivity index (χ0v) is 18.8. The van der Waals surface area contributed by atoms with Gasteiger partial charge in [-0.05, 0) is 48.2 Å². The standard InChI is InChI=1S/C21H15Cl2N3O2S2/c1-12-4-2-7-15(23)18(12)25-17(27)11-30-21-24-16-8-9-29-19(16)20(28)26(21)14-6-3-5-13(22)10-14/h2-10H,11H2,1H3,(H,25,27). The minimum Gasteiger partial charge on any atom is -0.324 e. The van der Waals surface area contributed by atoms with Crippen molar-refractivity contribution in [1.29, 1.82) is 0 Å². The predicted molar refractivity (Wildman–Crippen MR) is 126 cm³/mol. The number of rotatable bonds is 5. The second-order valence-electron chi connectivity index (χ2n) is 6.42. The minimum absolute atomic E-state index is 0.0628. The van der Waals surface area contributed by atoms with Crippen LogP contribution in [0.3, 0.4) is 0 Å². The lowest BCUT2D eigenvalue weighted by molar-refractivity contribution is -0.113. The molecule has 0 spiro atoms. The number of carbonyl (C=O) groups excluding carboxylic acids is 1. The van der Waals surface area contributed by atoms with Gasteiger partial charge in [-0.2, -0.15) is 0 Å². The van der Waals surface area contributed by atoms with Crippen molar-refractivity contribution in [2.24, 2.45) is 0 Å². The van der Waals surface area contributed by atoms with Gasteiger partial charge in [0.1, 0.15) is 4.70 Å². The number of aryl methyl sites for hydroxylation is 1. The third kappa shape index (κ3) is 4.25. The van der Waals surface area contributed by atoms with Gasteiger partial charge in [0.2, 0.25) is 5.91 Å². The van der Waals surface area contributed by atoms with Gasteiger partial charge in [0, 0.05) is 5.02 Å². The van der Waals surface area contributed by atoms with Crippen LogP contribution in [0.4, 0.5) is 5.69 Å². The number of nitrogens with one attached hydrogen (secondary N) is 1. The van der Waals surface area contributed by atoms with Gasteiger partial charge in [0.25, 0.3) is 5.56 Å². The fourth-order valence-corrected chi connectivity index (χ4v) is 4.95. The Balaban J connectivity index is 1.66. The minimum atomic E-state index is -0.242. The molecule has 0 aliphatic rings. The summed E-state index contributed by atoms with van der Waals surface area (Å²) in [6.07, 6.45) is 0. The first-order chi connectivity index (χ1) is 14.4. The maximum Gasteiger partial charge on any atom is 0.276 e. The number of aromatic nitrogens is 2. The molecule has 4 rings (SSSR count). The number of hydrogen-bond donors (Lipinski definition) is 1. The molecule has 5 nitrogen and oxygen atoms in total. The molecule has 0 radical (unpaired) electrons. The maximum absolute atomic E-state index is 13.1. The monoisotopic (exact) mass is 475 g/mol. The fraction of sp³-hybridized carbons (Fsp3) is 0.0952. The normalized spacial score (nSPS) is 11.0. The SMILES string of the molecule is Cc1cccc(Cl)c1NC(=O)CSc1nc2ccsc2c(=O)n1-c1cccc(Cl)c1. The molecule has 2 heterocycles. The molecule has 1 amide bonds. The molecular weight excluding hydrogens is 461 g/mol. The van der Waals surface area contributed by atoms with Gasteiger partial charge >= 0.3 is 0 Å². The van der Waals surface area contributed by atoms with Crippen LogP contribution in [0.1, 0.15) is 5.56 Å². The summed E-state index contributed by atoms with van der Waals surface area (Å²) in [4.78, 5) is 30.3. The molecule has 0 aliphatic carbocycles. The molecule has 30 heavy (non-hydrogen) atoms.